The number of halogens is 1. The van der Waals surface area contributed by atoms with Gasteiger partial charge in [-0.3, -0.25) is 47.8 Å². The summed E-state index contributed by atoms with van der Waals surface area (Å²) >= 11 is 1.55. The quantitative estimate of drug-likeness (QED) is 0.0226. The average molecular weight is 1260 g/mol. The molecule has 3 aliphatic heterocycles. The summed E-state index contributed by atoms with van der Waals surface area (Å²) in [6.07, 6.45) is 1.43. The zero-order valence-corrected chi connectivity index (χ0v) is 52.1. The number of unbranched alkanes of at least 4 members (excludes halogenated alkanes) is 2. The molecule has 7 atom stereocenters. The van der Waals surface area contributed by atoms with Crippen LogP contribution in [0.4, 0.5) is 10.1 Å². The highest BCUT2D eigenvalue weighted by atomic mass is 32.1. The summed E-state index contributed by atoms with van der Waals surface area (Å²) in [6.45, 7) is 10.7. The van der Waals surface area contributed by atoms with E-state index in [4.69, 9.17) is 10.5 Å². The first-order valence-corrected chi connectivity index (χ1v) is 32.2. The Kier molecular flexibility index (Phi) is 20.0. The fraction of sp³-hybridized carbons (Fsp3) is 0.422. The molecule has 3 aliphatic rings. The lowest BCUT2D eigenvalue weighted by Crippen LogP contribution is -2.57. The average Bonchev–Trinajstić information content (AvgIpc) is 1.84. The monoisotopic (exact) mass is 1260 g/mol. The number of likely N-dealkylation sites (tertiary alicyclic amines) is 1. The predicted molar refractivity (Wildman–Crippen MR) is 331 cm³/mol. The number of nitrogens with two attached hydrogens (primary N) is 1. The van der Waals surface area contributed by atoms with E-state index in [-0.39, 0.29) is 74.6 Å². The number of aliphatic hydroxyl groups excluding tert-OH is 1. The number of amides is 7. The first kappa shape index (κ1) is 65.3. The van der Waals surface area contributed by atoms with Crippen molar-refractivity contribution in [2.24, 2.45) is 11.1 Å². The Morgan fingerprint density at radius 3 is 2.34 bits per heavy atom. The van der Waals surface area contributed by atoms with E-state index in [0.717, 1.165) is 32.8 Å². The number of carbonyl (C=O) groups is 8. The van der Waals surface area contributed by atoms with Crippen molar-refractivity contribution in [2.75, 3.05) is 18.1 Å². The molecule has 0 unspecified atom stereocenters. The number of hydrogen-bond donors (Lipinski definition) is 9. The number of primary amides is 1. The van der Waals surface area contributed by atoms with Gasteiger partial charge in [-0.05, 0) is 128 Å². The minimum Gasteiger partial charge on any atom is -0.488 e. The minimum absolute atomic E-state index is 0.00787. The van der Waals surface area contributed by atoms with Gasteiger partial charge in [-0.15, -0.1) is 11.3 Å². The number of H-pyrrole nitrogens is 1. The Labute approximate surface area is 518 Å². The minimum atomic E-state index is -5.07. The van der Waals surface area contributed by atoms with Crippen LogP contribution in [0.5, 0.6) is 5.75 Å². The second kappa shape index (κ2) is 27.3. The van der Waals surface area contributed by atoms with Crippen LogP contribution in [0.3, 0.4) is 0 Å². The molecular formula is C64H75FN9O13PS. The Morgan fingerprint density at radius 2 is 1.64 bits per heavy atom. The third kappa shape index (κ3) is 15.1. The van der Waals surface area contributed by atoms with Gasteiger partial charge in [0.1, 0.15) is 36.5 Å². The molecule has 0 radical (unpaired) electrons. The van der Waals surface area contributed by atoms with Crippen LogP contribution in [0.15, 0.2) is 84.4 Å². The maximum absolute atomic E-state index is 16.4. The number of aromatic nitrogens is 2. The van der Waals surface area contributed by atoms with Crippen LogP contribution in [-0.2, 0) is 52.6 Å². The summed E-state index contributed by atoms with van der Waals surface area (Å²) in [5, 5.41) is 22.7. The largest absolute Gasteiger partial charge is 0.488 e. The number of benzene rings is 4. The maximum atomic E-state index is 16.4. The highest BCUT2D eigenvalue weighted by Crippen LogP contribution is 2.41. The zero-order valence-electron chi connectivity index (χ0n) is 50.4. The van der Waals surface area contributed by atoms with E-state index in [2.05, 4.69) is 31.2 Å². The van der Waals surface area contributed by atoms with Crippen molar-refractivity contribution < 1.29 is 66.9 Å². The first-order valence-electron chi connectivity index (χ1n) is 29.7. The molecule has 25 heteroatoms. The molecule has 10 N–H and O–H groups in total. The van der Waals surface area contributed by atoms with Crippen LogP contribution in [0.2, 0.25) is 0 Å². The summed E-state index contributed by atoms with van der Waals surface area (Å²) < 4.78 is 34.1. The molecule has 0 bridgehead atoms. The molecule has 0 spiro atoms. The van der Waals surface area contributed by atoms with Gasteiger partial charge in [0.2, 0.25) is 35.4 Å². The van der Waals surface area contributed by atoms with Gasteiger partial charge in [-0.1, -0.05) is 75.7 Å². The lowest BCUT2D eigenvalue weighted by Gasteiger charge is -2.35. The maximum Gasteiger partial charge on any atom is 0.396 e. The van der Waals surface area contributed by atoms with Crippen molar-refractivity contribution in [1.29, 1.82) is 0 Å². The van der Waals surface area contributed by atoms with Crippen LogP contribution in [0, 0.1) is 25.1 Å². The Balaban J connectivity index is 0.780. The molecule has 89 heavy (non-hydrogen) atoms. The summed E-state index contributed by atoms with van der Waals surface area (Å²) in [6, 6.07) is 16.3. The number of ether oxygens (including phenoxy) is 1. The third-order valence-electron chi connectivity index (χ3n) is 16.8. The summed E-state index contributed by atoms with van der Waals surface area (Å²) in [4.78, 5) is 139. The van der Waals surface area contributed by atoms with Crippen LogP contribution < -0.4 is 36.6 Å². The van der Waals surface area contributed by atoms with Crippen molar-refractivity contribution in [2.45, 2.75) is 155 Å². The Bertz CT molecular complexity index is 3770. The number of nitrogens with one attached hydrogen (secondary N) is 5. The number of rotatable bonds is 24. The molecule has 4 aromatic carbocycles. The van der Waals surface area contributed by atoms with Crippen molar-refractivity contribution in [3.8, 4) is 16.2 Å². The number of anilines is 1. The number of hydrogen-bond acceptors (Lipinski definition) is 13. The van der Waals surface area contributed by atoms with E-state index in [1.165, 1.54) is 40.1 Å². The number of aliphatic hydroxyl groups is 1. The number of fused-ring (bicyclic) bond motifs is 1. The zero-order chi connectivity index (χ0) is 64.2. The number of aryl methyl sites for hydroxylation is 3. The van der Waals surface area contributed by atoms with Gasteiger partial charge in [0.25, 0.3) is 11.4 Å². The van der Waals surface area contributed by atoms with E-state index >= 15 is 4.39 Å². The van der Waals surface area contributed by atoms with Crippen LogP contribution >= 0.6 is 18.9 Å². The van der Waals surface area contributed by atoms with Crippen molar-refractivity contribution in [3.63, 3.8) is 0 Å². The highest BCUT2D eigenvalue weighted by molar-refractivity contribution is 7.70. The molecule has 0 saturated carbocycles. The molecule has 5 heterocycles. The van der Waals surface area contributed by atoms with E-state index in [0.29, 0.717) is 59.8 Å². The van der Waals surface area contributed by atoms with Crippen molar-refractivity contribution >= 4 is 82.4 Å². The number of β-amino-alcohol motifs (C(OH)–C–C–N with tert-alkyl or cyclic N) is 1. The van der Waals surface area contributed by atoms with Crippen molar-refractivity contribution in [3.05, 3.63) is 135 Å². The normalized spacial score (nSPS) is 18.4. The lowest BCUT2D eigenvalue weighted by molar-refractivity contribution is -0.144. The standard InChI is InChI=1S/C64H75FN9O13PS/c1-34-15-25-51(54(65)45(34)13-8-7-9-14-53(77)72-57(64(4,5)6)62(82)73-31-44(75)30-49(73)59(79)68-35(2)37-16-18-39(19-17-37)56-36(3)67-33-89-56)87-32-43(22-26-52(66)76)69-60(80)50-29-40-12-10-11-38-20-24-47(61(81)74(50)55(38)40)71-58(78)48-28-42-27-41(21-23-46(42)70-48)63(83)88(84,85)86/h10-12,15-19,21,23,25,27-28,33,35,43-44,47,49-50,57,70,75H,7-9,13-14,20,22,24,26,29-32H2,1-6H3,(H2,66,76)(H,68,79)(H,69,80)(H,71,78)(H,72,77)(H2,84,85,86)/t35-,43-,44+,47-,49-,50-,57+/m0/s1. The second-order valence-electron chi connectivity index (χ2n) is 24.4. The van der Waals surface area contributed by atoms with Crippen LogP contribution in [-0.4, -0.2) is 126 Å². The van der Waals surface area contributed by atoms with Gasteiger partial charge in [-0.25, -0.2) is 9.37 Å². The Hall–Kier alpha value is -8.15. The Morgan fingerprint density at radius 1 is 0.910 bits per heavy atom. The number of aromatic amines is 1. The smallest absolute Gasteiger partial charge is 0.396 e. The van der Waals surface area contributed by atoms with E-state index in [1.807, 2.05) is 77.1 Å². The SMILES string of the molecule is Cc1ccc(OC[C@H](CCC(N)=O)NC(=O)[C@@H]2Cc3cccc4c3N2C(=O)[C@@H](NC(=O)c2cc3cc(C(=O)P(=O)(O)O)ccc3[nH]2)CC4)c(F)c1CCCCCC(=O)N[C@H](C(=O)N1C[C@H](O)C[C@H]1C(=O)N[C@@H](C)c1ccc(-c2scnc2C)cc1)C(C)(C)C. The van der Waals surface area contributed by atoms with Gasteiger partial charge in [0.05, 0.1) is 40.0 Å². The molecule has 2 aromatic heterocycles. The summed E-state index contributed by atoms with van der Waals surface area (Å²) in [7, 11) is -5.07. The van der Waals surface area contributed by atoms with Crippen LogP contribution in [0.1, 0.15) is 139 Å². The number of nitrogens with zero attached hydrogens (tertiary/aromatic N) is 3. The van der Waals surface area contributed by atoms with E-state index < -0.39 is 102 Å². The number of thiazole rings is 1. The van der Waals surface area contributed by atoms with Gasteiger partial charge < -0.3 is 56.5 Å². The topological polar surface area (TPSA) is 333 Å². The molecule has 472 valence electrons. The first-order chi connectivity index (χ1) is 42.2. The lowest BCUT2D eigenvalue weighted by atomic mass is 9.85. The van der Waals surface area contributed by atoms with Gasteiger partial charge in [0, 0.05) is 48.7 Å². The molecule has 1 saturated heterocycles. The number of carbonyl (C=O) groups excluding carboxylic acids is 8. The van der Waals surface area contributed by atoms with E-state index in [9.17, 15) is 57.8 Å². The molecule has 7 amide bonds. The fourth-order valence-corrected chi connectivity index (χ4v) is 13.2. The van der Waals surface area contributed by atoms with Crippen LogP contribution in [0.25, 0.3) is 21.3 Å². The second-order valence-corrected chi connectivity index (χ2v) is 26.7. The molecule has 1 fully saturated rings. The summed E-state index contributed by atoms with van der Waals surface area (Å²) in [5.41, 5.74) is 11.3. The van der Waals surface area contributed by atoms with Gasteiger partial charge >= 0.3 is 7.60 Å². The molecule has 22 nitrogen and oxygen atoms in total. The summed E-state index contributed by atoms with van der Waals surface area (Å²) in [5.74, 6) is -4.46. The molecule has 6 aromatic rings. The van der Waals surface area contributed by atoms with Crippen molar-refractivity contribution in [1.82, 2.24) is 36.1 Å². The molecular weight excluding hydrogens is 1180 g/mol. The fourth-order valence-electron chi connectivity index (χ4n) is 11.9. The van der Waals surface area contributed by atoms with Gasteiger partial charge in [0.15, 0.2) is 11.6 Å². The van der Waals surface area contributed by atoms with Gasteiger partial charge in [-0.2, -0.15) is 0 Å². The third-order valence-corrected chi connectivity index (χ3v) is 18.5. The molecule has 9 rings (SSSR count). The number of para-hydroxylation sites is 1. The highest BCUT2D eigenvalue weighted by Gasteiger charge is 2.46. The molecule has 0 aliphatic carbocycles. The predicted octanol–water partition coefficient (Wildman–Crippen LogP) is 6.67. The van der Waals surface area contributed by atoms with E-state index in [1.54, 1.807) is 29.8 Å².